The molecule has 0 aliphatic carbocycles. The summed E-state index contributed by atoms with van der Waals surface area (Å²) in [4.78, 5) is 0. The molecule has 1 aliphatic rings. The lowest BCUT2D eigenvalue weighted by molar-refractivity contribution is 0.0833. The lowest BCUT2D eigenvalue weighted by Crippen LogP contribution is -2.42. The first-order valence-corrected chi connectivity index (χ1v) is 6.22. The molecule has 0 amide bonds. The summed E-state index contributed by atoms with van der Waals surface area (Å²) in [6, 6.07) is 6.13. The molecule has 1 fully saturated rings. The van der Waals surface area contributed by atoms with Gasteiger partial charge in [-0.3, -0.25) is 0 Å². The van der Waals surface area contributed by atoms with E-state index in [-0.39, 0.29) is 11.7 Å². The number of alkyl halides is 1. The third-order valence-electron chi connectivity index (χ3n) is 3.61. The van der Waals surface area contributed by atoms with Gasteiger partial charge in [-0.25, -0.2) is 8.78 Å². The van der Waals surface area contributed by atoms with Gasteiger partial charge in [0.2, 0.25) is 0 Å². The Balaban J connectivity index is 2.02. The standard InChI is InChI=1S/C14H19F2N/c1-14(16,12-3-2-8-17-10-12)9-11-4-6-13(15)7-5-11/h4-7,12,17H,2-3,8-10H2,1H3. The van der Waals surface area contributed by atoms with Crippen molar-refractivity contribution in [3.05, 3.63) is 35.6 Å². The minimum Gasteiger partial charge on any atom is -0.316 e. The predicted octanol–water partition coefficient (Wildman–Crippen LogP) is 3.10. The summed E-state index contributed by atoms with van der Waals surface area (Å²) in [6.07, 6.45) is 2.33. The fourth-order valence-electron chi connectivity index (χ4n) is 2.51. The molecular weight excluding hydrogens is 220 g/mol. The first kappa shape index (κ1) is 12.5. The van der Waals surface area contributed by atoms with Crippen LogP contribution >= 0.6 is 0 Å². The Morgan fingerprint density at radius 3 is 2.65 bits per heavy atom. The van der Waals surface area contributed by atoms with Crippen LogP contribution in [0.3, 0.4) is 0 Å². The van der Waals surface area contributed by atoms with Gasteiger partial charge in [-0.05, 0) is 44.0 Å². The summed E-state index contributed by atoms with van der Waals surface area (Å²) < 4.78 is 27.4. The summed E-state index contributed by atoms with van der Waals surface area (Å²) >= 11 is 0. The van der Waals surface area contributed by atoms with Crippen molar-refractivity contribution in [1.29, 1.82) is 0 Å². The first-order chi connectivity index (χ1) is 8.08. The van der Waals surface area contributed by atoms with Gasteiger partial charge in [0.05, 0.1) is 0 Å². The van der Waals surface area contributed by atoms with Gasteiger partial charge in [0.15, 0.2) is 0 Å². The zero-order valence-corrected chi connectivity index (χ0v) is 10.2. The summed E-state index contributed by atoms with van der Waals surface area (Å²) in [5.41, 5.74) is -0.354. The van der Waals surface area contributed by atoms with Gasteiger partial charge < -0.3 is 5.32 Å². The van der Waals surface area contributed by atoms with Crippen LogP contribution in [0.4, 0.5) is 8.78 Å². The molecule has 3 heteroatoms. The van der Waals surface area contributed by atoms with Crippen LogP contribution in [0.2, 0.25) is 0 Å². The van der Waals surface area contributed by atoms with E-state index in [1.807, 2.05) is 0 Å². The van der Waals surface area contributed by atoms with E-state index < -0.39 is 5.67 Å². The average molecular weight is 239 g/mol. The van der Waals surface area contributed by atoms with E-state index in [0.29, 0.717) is 6.42 Å². The third kappa shape index (κ3) is 3.25. The number of rotatable bonds is 3. The summed E-state index contributed by atoms with van der Waals surface area (Å²) in [6.45, 7) is 3.39. The van der Waals surface area contributed by atoms with Crippen molar-refractivity contribution in [1.82, 2.24) is 5.32 Å². The van der Waals surface area contributed by atoms with Crippen LogP contribution in [-0.4, -0.2) is 18.8 Å². The normalized spacial score (nSPS) is 24.3. The second-order valence-corrected chi connectivity index (χ2v) is 5.12. The van der Waals surface area contributed by atoms with Gasteiger partial charge in [0, 0.05) is 18.9 Å². The van der Waals surface area contributed by atoms with Crippen molar-refractivity contribution in [3.63, 3.8) is 0 Å². The maximum Gasteiger partial charge on any atom is 0.123 e. The highest BCUT2D eigenvalue weighted by atomic mass is 19.1. The lowest BCUT2D eigenvalue weighted by atomic mass is 9.81. The molecule has 0 bridgehead atoms. The van der Waals surface area contributed by atoms with Gasteiger partial charge in [-0.2, -0.15) is 0 Å². The molecule has 1 nitrogen and oxygen atoms in total. The van der Waals surface area contributed by atoms with E-state index in [1.165, 1.54) is 12.1 Å². The number of piperidine rings is 1. The largest absolute Gasteiger partial charge is 0.316 e. The van der Waals surface area contributed by atoms with Crippen LogP contribution in [0.15, 0.2) is 24.3 Å². The molecule has 0 aromatic heterocycles. The minimum atomic E-state index is -1.22. The lowest BCUT2D eigenvalue weighted by Gasteiger charge is -2.34. The Morgan fingerprint density at radius 1 is 1.35 bits per heavy atom. The number of nitrogens with one attached hydrogen (secondary N) is 1. The van der Waals surface area contributed by atoms with Gasteiger partial charge in [-0.1, -0.05) is 12.1 Å². The van der Waals surface area contributed by atoms with Gasteiger partial charge in [0.1, 0.15) is 11.5 Å². The number of hydrogen-bond donors (Lipinski definition) is 1. The molecule has 1 aromatic carbocycles. The van der Waals surface area contributed by atoms with E-state index in [0.717, 1.165) is 31.5 Å². The molecule has 17 heavy (non-hydrogen) atoms. The number of hydrogen-bond acceptors (Lipinski definition) is 1. The van der Waals surface area contributed by atoms with Crippen LogP contribution < -0.4 is 5.32 Å². The fraction of sp³-hybridized carbons (Fsp3) is 0.571. The van der Waals surface area contributed by atoms with Crippen LogP contribution in [0.1, 0.15) is 25.3 Å². The Labute approximate surface area is 101 Å². The average Bonchev–Trinajstić information content (AvgIpc) is 2.33. The van der Waals surface area contributed by atoms with Crippen molar-refractivity contribution in [2.24, 2.45) is 5.92 Å². The zero-order chi connectivity index (χ0) is 12.3. The Morgan fingerprint density at radius 2 is 2.06 bits per heavy atom. The molecule has 1 aliphatic heterocycles. The molecule has 1 N–H and O–H groups in total. The van der Waals surface area contributed by atoms with Crippen molar-refractivity contribution < 1.29 is 8.78 Å². The van der Waals surface area contributed by atoms with E-state index in [2.05, 4.69) is 5.32 Å². The highest BCUT2D eigenvalue weighted by Crippen LogP contribution is 2.31. The summed E-state index contributed by atoms with van der Waals surface area (Å²) in [5.74, 6) is -0.213. The molecule has 1 aromatic rings. The molecule has 1 heterocycles. The van der Waals surface area contributed by atoms with Crippen LogP contribution in [0.5, 0.6) is 0 Å². The van der Waals surface area contributed by atoms with Gasteiger partial charge >= 0.3 is 0 Å². The SMILES string of the molecule is CC(F)(Cc1ccc(F)cc1)C1CCCNC1. The quantitative estimate of drug-likeness (QED) is 0.854. The van der Waals surface area contributed by atoms with E-state index in [4.69, 9.17) is 0 Å². The first-order valence-electron chi connectivity index (χ1n) is 6.22. The van der Waals surface area contributed by atoms with Crippen LogP contribution in [-0.2, 0) is 6.42 Å². The van der Waals surface area contributed by atoms with Crippen molar-refractivity contribution in [2.45, 2.75) is 31.9 Å². The molecule has 2 unspecified atom stereocenters. The van der Waals surface area contributed by atoms with Crippen LogP contribution in [0, 0.1) is 11.7 Å². The van der Waals surface area contributed by atoms with E-state index in [9.17, 15) is 8.78 Å². The Hall–Kier alpha value is -0.960. The van der Waals surface area contributed by atoms with E-state index in [1.54, 1.807) is 19.1 Å². The topological polar surface area (TPSA) is 12.0 Å². The number of benzene rings is 1. The molecule has 0 saturated carbocycles. The summed E-state index contributed by atoms with van der Waals surface area (Å²) in [5, 5.41) is 3.24. The second kappa shape index (κ2) is 5.13. The Kier molecular flexibility index (Phi) is 3.77. The number of halogens is 2. The van der Waals surface area contributed by atoms with Gasteiger partial charge in [-0.15, -0.1) is 0 Å². The molecule has 0 radical (unpaired) electrons. The molecule has 0 spiro atoms. The zero-order valence-electron chi connectivity index (χ0n) is 10.2. The van der Waals surface area contributed by atoms with Gasteiger partial charge in [0.25, 0.3) is 0 Å². The maximum atomic E-state index is 14.6. The molecule has 1 saturated heterocycles. The Bertz CT molecular complexity index is 353. The van der Waals surface area contributed by atoms with Crippen molar-refractivity contribution in [2.75, 3.05) is 13.1 Å². The smallest absolute Gasteiger partial charge is 0.123 e. The highest BCUT2D eigenvalue weighted by Gasteiger charge is 2.34. The monoisotopic (exact) mass is 239 g/mol. The molecular formula is C14H19F2N. The molecule has 2 rings (SSSR count). The maximum absolute atomic E-state index is 14.6. The van der Waals surface area contributed by atoms with Crippen molar-refractivity contribution in [3.8, 4) is 0 Å². The summed E-state index contributed by atoms with van der Waals surface area (Å²) in [7, 11) is 0. The molecule has 2 atom stereocenters. The van der Waals surface area contributed by atoms with Crippen molar-refractivity contribution >= 4 is 0 Å². The second-order valence-electron chi connectivity index (χ2n) is 5.12. The fourth-order valence-corrected chi connectivity index (χ4v) is 2.51. The predicted molar refractivity (Wildman–Crippen MR) is 65.2 cm³/mol. The van der Waals surface area contributed by atoms with E-state index >= 15 is 0 Å². The minimum absolute atomic E-state index is 0.0568. The third-order valence-corrected chi connectivity index (χ3v) is 3.61. The van der Waals surface area contributed by atoms with Crippen LogP contribution in [0.25, 0.3) is 0 Å². The highest BCUT2D eigenvalue weighted by molar-refractivity contribution is 5.18. The molecule has 94 valence electrons.